The van der Waals surface area contributed by atoms with Crippen molar-refractivity contribution in [2.75, 3.05) is 19.0 Å². The van der Waals surface area contributed by atoms with E-state index in [4.69, 9.17) is 16.3 Å². The number of nitrogens with one attached hydrogen (secondary N) is 1. The molecule has 4 aromatic rings. The predicted octanol–water partition coefficient (Wildman–Crippen LogP) is 6.03. The van der Waals surface area contributed by atoms with Gasteiger partial charge in [-0.1, -0.05) is 48.0 Å². The van der Waals surface area contributed by atoms with Crippen molar-refractivity contribution in [3.05, 3.63) is 59.6 Å². The second-order valence-corrected chi connectivity index (χ2v) is 9.59. The zero-order chi connectivity index (χ0) is 24.5. The normalized spacial score (nSPS) is 17.9. The molecule has 0 bridgehead atoms. The molecular weight excluding hydrogens is 464 g/mol. The number of hydrogen-bond acceptors (Lipinski definition) is 5. The van der Waals surface area contributed by atoms with Crippen LogP contribution in [0.2, 0.25) is 5.02 Å². The lowest BCUT2D eigenvalue weighted by molar-refractivity contribution is -0.143. The van der Waals surface area contributed by atoms with Crippen molar-refractivity contribution in [2.45, 2.75) is 31.8 Å². The largest absolute Gasteiger partial charge is 0.481 e. The van der Waals surface area contributed by atoms with E-state index in [1.54, 1.807) is 0 Å². The third kappa shape index (κ3) is 4.95. The summed E-state index contributed by atoms with van der Waals surface area (Å²) >= 11 is 6.58. The van der Waals surface area contributed by atoms with Crippen LogP contribution < -0.4 is 9.64 Å². The minimum absolute atomic E-state index is 0.0551. The highest BCUT2D eigenvalue weighted by molar-refractivity contribution is 6.33. The number of carboxylic acid groups (broad SMARTS) is 1. The number of aromatic amines is 1. The zero-order valence-corrected chi connectivity index (χ0v) is 20.4. The monoisotopic (exact) mass is 490 g/mol. The second-order valence-electron chi connectivity index (χ2n) is 9.18. The Morgan fingerprint density at radius 3 is 2.17 bits per heavy atom. The maximum Gasteiger partial charge on any atom is 0.306 e. The van der Waals surface area contributed by atoms with Gasteiger partial charge in [-0.3, -0.25) is 4.79 Å². The third-order valence-corrected chi connectivity index (χ3v) is 6.87. The van der Waals surface area contributed by atoms with Crippen molar-refractivity contribution < 1.29 is 14.6 Å². The molecule has 180 valence electrons. The molecule has 7 nitrogen and oxygen atoms in total. The van der Waals surface area contributed by atoms with E-state index in [1.165, 1.54) is 0 Å². The van der Waals surface area contributed by atoms with Gasteiger partial charge in [0.05, 0.1) is 22.2 Å². The van der Waals surface area contributed by atoms with Crippen LogP contribution in [0.5, 0.6) is 6.01 Å². The summed E-state index contributed by atoms with van der Waals surface area (Å²) < 4.78 is 6.00. The third-order valence-electron chi connectivity index (χ3n) is 6.58. The van der Waals surface area contributed by atoms with Crippen LogP contribution in [0.25, 0.3) is 33.5 Å². The number of aliphatic carboxylic acids is 1. The highest BCUT2D eigenvalue weighted by Crippen LogP contribution is 2.32. The molecule has 8 heteroatoms. The first-order valence-corrected chi connectivity index (χ1v) is 12.1. The summed E-state index contributed by atoms with van der Waals surface area (Å²) in [6.07, 6.45) is 2.56. The first-order valence-electron chi connectivity index (χ1n) is 11.7. The number of H-pyrrole nitrogens is 1. The Morgan fingerprint density at radius 1 is 0.971 bits per heavy atom. The first kappa shape index (κ1) is 23.2. The summed E-state index contributed by atoms with van der Waals surface area (Å²) in [5, 5.41) is 9.70. The van der Waals surface area contributed by atoms with Gasteiger partial charge in [0.15, 0.2) is 5.65 Å². The Labute approximate surface area is 208 Å². The number of rotatable bonds is 6. The molecule has 2 aromatic heterocycles. The SMILES string of the molecule is CN(C)c1ccc(-c2ccc(-c3nc4nc(OC5CCC(C(=O)O)CC5)[nH]c4cc3Cl)cc2)cc1. The molecule has 1 fully saturated rings. The highest BCUT2D eigenvalue weighted by Gasteiger charge is 2.27. The number of pyridine rings is 1. The lowest BCUT2D eigenvalue weighted by Gasteiger charge is -2.25. The van der Waals surface area contributed by atoms with Gasteiger partial charge in [-0.2, -0.15) is 4.98 Å². The van der Waals surface area contributed by atoms with Crippen LogP contribution in [0.3, 0.4) is 0 Å². The average Bonchev–Trinajstić information content (AvgIpc) is 3.25. The summed E-state index contributed by atoms with van der Waals surface area (Å²) in [5.41, 5.74) is 6.21. The maximum atomic E-state index is 11.2. The van der Waals surface area contributed by atoms with Gasteiger partial charge in [-0.25, -0.2) is 4.98 Å². The summed E-state index contributed by atoms with van der Waals surface area (Å²) in [5.74, 6) is -1.01. The second kappa shape index (κ2) is 9.58. The number of carboxylic acids is 1. The van der Waals surface area contributed by atoms with Crippen LogP contribution in [0.15, 0.2) is 54.6 Å². The summed E-state index contributed by atoms with van der Waals surface area (Å²) in [6.45, 7) is 0. The molecule has 2 heterocycles. The molecule has 2 N–H and O–H groups in total. The number of carbonyl (C=O) groups is 1. The minimum Gasteiger partial charge on any atom is -0.481 e. The number of halogens is 1. The van der Waals surface area contributed by atoms with Crippen LogP contribution in [-0.4, -0.2) is 46.2 Å². The molecule has 1 aliphatic rings. The number of imidazole rings is 1. The number of benzene rings is 2. The fraction of sp³-hybridized carbons (Fsp3) is 0.296. The van der Waals surface area contributed by atoms with E-state index >= 15 is 0 Å². The van der Waals surface area contributed by atoms with Gasteiger partial charge in [0, 0.05) is 25.3 Å². The number of hydrogen-bond donors (Lipinski definition) is 2. The average molecular weight is 491 g/mol. The van der Waals surface area contributed by atoms with Crippen LogP contribution >= 0.6 is 11.6 Å². The van der Waals surface area contributed by atoms with Crippen molar-refractivity contribution in [1.29, 1.82) is 0 Å². The summed E-state index contributed by atoms with van der Waals surface area (Å²) in [4.78, 5) is 25.6. The van der Waals surface area contributed by atoms with Gasteiger partial charge >= 0.3 is 5.97 Å². The van der Waals surface area contributed by atoms with E-state index in [2.05, 4.69) is 56.3 Å². The van der Waals surface area contributed by atoms with E-state index in [9.17, 15) is 9.90 Å². The predicted molar refractivity (Wildman–Crippen MR) is 138 cm³/mol. The van der Waals surface area contributed by atoms with Crippen LogP contribution in [0, 0.1) is 5.92 Å². The molecule has 1 aliphatic carbocycles. The molecule has 0 unspecified atom stereocenters. The Kier molecular flexibility index (Phi) is 6.34. The Bertz CT molecular complexity index is 1340. The molecule has 2 aromatic carbocycles. The van der Waals surface area contributed by atoms with E-state index < -0.39 is 5.97 Å². The van der Waals surface area contributed by atoms with Gasteiger partial charge in [-0.05, 0) is 55.0 Å². The fourth-order valence-corrected chi connectivity index (χ4v) is 4.77. The van der Waals surface area contributed by atoms with Gasteiger partial charge in [0.1, 0.15) is 6.10 Å². The van der Waals surface area contributed by atoms with E-state index in [0.717, 1.165) is 22.4 Å². The number of anilines is 1. The Morgan fingerprint density at radius 2 is 1.57 bits per heavy atom. The van der Waals surface area contributed by atoms with Crippen LogP contribution in [0.4, 0.5) is 5.69 Å². The smallest absolute Gasteiger partial charge is 0.306 e. The van der Waals surface area contributed by atoms with E-state index in [1.807, 2.05) is 32.3 Å². The maximum absolute atomic E-state index is 11.2. The number of fused-ring (bicyclic) bond motifs is 1. The van der Waals surface area contributed by atoms with Crippen molar-refractivity contribution >= 4 is 34.4 Å². The summed E-state index contributed by atoms with van der Waals surface area (Å²) in [6, 6.07) is 18.8. The first-order chi connectivity index (χ1) is 16.9. The quantitative estimate of drug-likeness (QED) is 0.342. The molecule has 0 radical (unpaired) electrons. The van der Waals surface area contributed by atoms with E-state index in [0.29, 0.717) is 53.6 Å². The van der Waals surface area contributed by atoms with Crippen molar-refractivity contribution in [1.82, 2.24) is 15.0 Å². The molecule has 0 atom stereocenters. The molecule has 5 rings (SSSR count). The Balaban J connectivity index is 1.33. The van der Waals surface area contributed by atoms with Crippen LogP contribution in [0.1, 0.15) is 25.7 Å². The number of ether oxygens (including phenoxy) is 1. The van der Waals surface area contributed by atoms with E-state index in [-0.39, 0.29) is 12.0 Å². The topological polar surface area (TPSA) is 91.3 Å². The van der Waals surface area contributed by atoms with Gasteiger partial charge in [-0.15, -0.1) is 0 Å². The molecule has 0 spiro atoms. The number of aromatic nitrogens is 3. The molecule has 1 saturated carbocycles. The number of nitrogens with zero attached hydrogens (tertiary/aromatic N) is 3. The lowest BCUT2D eigenvalue weighted by Crippen LogP contribution is -2.28. The molecular formula is C27H27ClN4O3. The zero-order valence-electron chi connectivity index (χ0n) is 19.7. The van der Waals surface area contributed by atoms with Gasteiger partial charge in [0.25, 0.3) is 6.01 Å². The van der Waals surface area contributed by atoms with Gasteiger partial charge in [0.2, 0.25) is 0 Å². The molecule has 0 amide bonds. The molecule has 0 saturated heterocycles. The standard InChI is InChI=1S/C27H27ClN4O3/c1-32(2)20-11-7-17(8-12-20)16-3-5-18(6-4-16)24-22(28)15-23-25(30-24)31-27(29-23)35-21-13-9-19(10-14-21)26(33)34/h3-8,11-12,15,19,21H,9-10,13-14H2,1-2H3,(H,33,34)(H,29,30,31). The molecule has 0 aliphatic heterocycles. The van der Waals surface area contributed by atoms with Gasteiger partial charge < -0.3 is 19.7 Å². The Hall–Kier alpha value is -3.58. The molecule has 35 heavy (non-hydrogen) atoms. The van der Waals surface area contributed by atoms with Crippen LogP contribution in [-0.2, 0) is 4.79 Å². The minimum atomic E-state index is -0.728. The van der Waals surface area contributed by atoms with Crippen molar-refractivity contribution in [3.63, 3.8) is 0 Å². The van der Waals surface area contributed by atoms with Crippen molar-refractivity contribution in [3.8, 4) is 28.4 Å². The lowest BCUT2D eigenvalue weighted by atomic mass is 9.87. The van der Waals surface area contributed by atoms with Crippen molar-refractivity contribution in [2.24, 2.45) is 5.92 Å². The highest BCUT2D eigenvalue weighted by atomic mass is 35.5. The fourth-order valence-electron chi connectivity index (χ4n) is 4.51. The summed E-state index contributed by atoms with van der Waals surface area (Å²) in [7, 11) is 4.05.